The van der Waals surface area contributed by atoms with Gasteiger partial charge in [0, 0.05) is 32.2 Å². The zero-order chi connectivity index (χ0) is 35.8. The highest BCUT2D eigenvalue weighted by Gasteiger charge is 2.19. The van der Waals surface area contributed by atoms with Gasteiger partial charge in [-0.05, 0) is 59.3 Å². The Bertz CT molecular complexity index is 2430. The topological polar surface area (TPSA) is 222 Å². The van der Waals surface area contributed by atoms with Crippen molar-refractivity contribution in [3.8, 4) is 11.1 Å². The lowest BCUT2D eigenvalue weighted by atomic mass is 10.0. The highest BCUT2D eigenvalue weighted by molar-refractivity contribution is 7.98. The van der Waals surface area contributed by atoms with Crippen molar-refractivity contribution in [3.63, 3.8) is 0 Å². The number of nitrogen functional groups attached to an aromatic ring is 2. The molecule has 0 atom stereocenters. The number of anilines is 2. The van der Waals surface area contributed by atoms with E-state index in [-0.39, 0.29) is 32.5 Å². The van der Waals surface area contributed by atoms with E-state index < -0.39 is 20.0 Å². The standard InChI is InChI=1S/C34H30N8O4S4/c1-48-30-15-20(11-13-27(30)40-42-29-17-32(50(38,45)46)23-7-3-5-9-25(23)34(29)36)19-10-12-26(21(14-19)18-47)39-41-28-16-31(49(37,43)44)22-6-2-4-8-24(22)33(28)35/h2-17,47H,18,35-36H2,1H3,(H2,37,43,44)(H2,38,45,46). The van der Waals surface area contributed by atoms with Crippen LogP contribution in [0.4, 0.5) is 34.1 Å². The highest BCUT2D eigenvalue weighted by Crippen LogP contribution is 2.40. The lowest BCUT2D eigenvalue weighted by Gasteiger charge is -2.11. The largest absolute Gasteiger partial charge is 0.396 e. The number of nitrogens with zero attached hydrogens (tertiary/aromatic N) is 4. The summed E-state index contributed by atoms with van der Waals surface area (Å²) < 4.78 is 49.4. The van der Waals surface area contributed by atoms with Crippen molar-refractivity contribution in [1.29, 1.82) is 0 Å². The van der Waals surface area contributed by atoms with E-state index in [1.165, 1.54) is 23.9 Å². The fourth-order valence-electron chi connectivity index (χ4n) is 5.48. The molecule has 0 amide bonds. The molecule has 0 saturated heterocycles. The lowest BCUT2D eigenvalue weighted by Crippen LogP contribution is -2.13. The second-order valence-corrected chi connectivity index (χ2v) is 15.3. The number of benzene rings is 6. The summed E-state index contributed by atoms with van der Waals surface area (Å²) in [5.74, 6) is 0.340. The summed E-state index contributed by atoms with van der Waals surface area (Å²) in [6.07, 6.45) is 1.91. The quantitative estimate of drug-likeness (QED) is 0.0423. The normalized spacial score (nSPS) is 12.5. The first-order valence-corrected chi connectivity index (χ1v) is 19.7. The Morgan fingerprint density at radius 1 is 0.580 bits per heavy atom. The Kier molecular flexibility index (Phi) is 9.67. The number of hydrogen-bond acceptors (Lipinski definition) is 12. The molecule has 6 aromatic rings. The lowest BCUT2D eigenvalue weighted by molar-refractivity contribution is 0.597. The van der Waals surface area contributed by atoms with Gasteiger partial charge >= 0.3 is 0 Å². The molecule has 0 unspecified atom stereocenters. The number of fused-ring (bicyclic) bond motifs is 2. The molecule has 8 N–H and O–H groups in total. The Balaban J connectivity index is 1.32. The fraction of sp³-hybridized carbons (Fsp3) is 0.0588. The van der Waals surface area contributed by atoms with E-state index in [1.54, 1.807) is 54.6 Å². The van der Waals surface area contributed by atoms with Crippen LogP contribution in [-0.2, 0) is 25.8 Å². The van der Waals surface area contributed by atoms with Crippen molar-refractivity contribution in [3.05, 3.63) is 103 Å². The van der Waals surface area contributed by atoms with Crippen molar-refractivity contribution >= 4 is 100 Å². The zero-order valence-corrected chi connectivity index (χ0v) is 29.7. The van der Waals surface area contributed by atoms with Gasteiger partial charge < -0.3 is 11.5 Å². The predicted octanol–water partition coefficient (Wildman–Crippen LogP) is 8.10. The Morgan fingerprint density at radius 2 is 1.00 bits per heavy atom. The molecule has 0 aliphatic carbocycles. The van der Waals surface area contributed by atoms with Crippen LogP contribution in [0.2, 0.25) is 0 Å². The highest BCUT2D eigenvalue weighted by atomic mass is 32.2. The summed E-state index contributed by atoms with van der Waals surface area (Å²) in [6, 6.07) is 27.5. The molecule has 0 aliphatic rings. The van der Waals surface area contributed by atoms with E-state index in [1.807, 2.05) is 36.6 Å². The minimum Gasteiger partial charge on any atom is -0.396 e. The first-order chi connectivity index (χ1) is 23.8. The van der Waals surface area contributed by atoms with Crippen molar-refractivity contribution < 1.29 is 16.8 Å². The van der Waals surface area contributed by atoms with E-state index in [0.29, 0.717) is 38.7 Å². The summed E-state index contributed by atoms with van der Waals surface area (Å²) in [6.45, 7) is 0. The molecule has 0 bridgehead atoms. The third-order valence-corrected chi connectivity index (χ3v) is 11.0. The van der Waals surface area contributed by atoms with Crippen molar-refractivity contribution in [2.75, 3.05) is 17.7 Å². The smallest absolute Gasteiger partial charge is 0.238 e. The number of hydrogen-bond donors (Lipinski definition) is 5. The summed E-state index contributed by atoms with van der Waals surface area (Å²) in [5, 5.41) is 30.2. The summed E-state index contributed by atoms with van der Waals surface area (Å²) >= 11 is 5.97. The number of rotatable bonds is 9. The molecule has 0 fully saturated rings. The van der Waals surface area contributed by atoms with E-state index in [4.69, 9.17) is 21.7 Å². The number of thiol groups is 1. The van der Waals surface area contributed by atoms with Gasteiger partial charge in [-0.3, -0.25) is 0 Å². The van der Waals surface area contributed by atoms with Gasteiger partial charge in [0.2, 0.25) is 20.0 Å². The average Bonchev–Trinajstić information content (AvgIpc) is 3.10. The number of azo groups is 2. The third kappa shape index (κ3) is 6.94. The maximum Gasteiger partial charge on any atom is 0.238 e. The second kappa shape index (κ2) is 13.8. The van der Waals surface area contributed by atoms with Gasteiger partial charge in [-0.25, -0.2) is 27.1 Å². The molecule has 6 aromatic carbocycles. The molecule has 254 valence electrons. The SMILES string of the molecule is CSc1cc(-c2ccc(N=Nc3cc(S(N)(=O)=O)c4ccccc4c3N)c(CS)c2)ccc1N=Nc1cc(S(N)(=O)=O)c2ccccc2c1N. The van der Waals surface area contributed by atoms with Crippen molar-refractivity contribution in [1.82, 2.24) is 0 Å². The van der Waals surface area contributed by atoms with Gasteiger partial charge in [0.1, 0.15) is 11.4 Å². The van der Waals surface area contributed by atoms with Gasteiger partial charge in [-0.15, -0.1) is 27.1 Å². The summed E-state index contributed by atoms with van der Waals surface area (Å²) in [4.78, 5) is 0.627. The third-order valence-electron chi connectivity index (χ3n) is 7.96. The van der Waals surface area contributed by atoms with E-state index >= 15 is 0 Å². The van der Waals surface area contributed by atoms with Crippen LogP contribution in [0, 0.1) is 0 Å². The molecular weight excluding hydrogens is 713 g/mol. The number of thioether (sulfide) groups is 1. The second-order valence-electron chi connectivity index (χ2n) is 11.1. The maximum atomic E-state index is 12.3. The van der Waals surface area contributed by atoms with Crippen LogP contribution in [-0.4, -0.2) is 23.1 Å². The van der Waals surface area contributed by atoms with Crippen LogP contribution in [0.5, 0.6) is 0 Å². The molecule has 50 heavy (non-hydrogen) atoms. The van der Waals surface area contributed by atoms with Crippen LogP contribution < -0.4 is 21.7 Å². The molecule has 16 heteroatoms. The maximum absolute atomic E-state index is 12.3. The number of sulfonamides is 2. The van der Waals surface area contributed by atoms with E-state index in [2.05, 4.69) is 33.1 Å². The number of nitrogens with two attached hydrogens (primary N) is 4. The van der Waals surface area contributed by atoms with Gasteiger partial charge in [-0.2, -0.15) is 17.7 Å². The molecule has 12 nitrogen and oxygen atoms in total. The van der Waals surface area contributed by atoms with Crippen molar-refractivity contribution in [2.45, 2.75) is 20.4 Å². The first-order valence-electron chi connectivity index (χ1n) is 14.7. The summed E-state index contributed by atoms with van der Waals surface area (Å²) in [7, 11) is -8.12. The van der Waals surface area contributed by atoms with Gasteiger partial charge in [0.25, 0.3) is 0 Å². The van der Waals surface area contributed by atoms with Crippen molar-refractivity contribution in [2.24, 2.45) is 30.7 Å². The number of primary sulfonamides is 2. The summed E-state index contributed by atoms with van der Waals surface area (Å²) in [5.41, 5.74) is 17.2. The van der Waals surface area contributed by atoms with Crippen LogP contribution in [0.15, 0.2) is 132 Å². The van der Waals surface area contributed by atoms with Gasteiger partial charge in [-0.1, -0.05) is 60.7 Å². The molecule has 6 rings (SSSR count). The molecule has 0 radical (unpaired) electrons. The Morgan fingerprint density at radius 3 is 1.46 bits per heavy atom. The van der Waals surface area contributed by atoms with Gasteiger partial charge in [0.05, 0.1) is 32.5 Å². The molecular formula is C34H30N8O4S4. The first kappa shape index (κ1) is 35.0. The Hall–Kier alpha value is -4.84. The minimum absolute atomic E-state index is 0.0892. The Labute approximate surface area is 298 Å². The molecule has 0 saturated carbocycles. The minimum atomic E-state index is -4.06. The van der Waals surface area contributed by atoms with E-state index in [9.17, 15) is 16.8 Å². The van der Waals surface area contributed by atoms with Gasteiger partial charge in [0.15, 0.2) is 0 Å². The fourth-order valence-corrected chi connectivity index (χ4v) is 7.82. The zero-order valence-electron chi connectivity index (χ0n) is 26.3. The average molecular weight is 743 g/mol. The molecule has 0 aromatic heterocycles. The van der Waals surface area contributed by atoms with Crippen LogP contribution in [0.3, 0.4) is 0 Å². The monoisotopic (exact) mass is 742 g/mol. The predicted molar refractivity (Wildman–Crippen MR) is 204 cm³/mol. The van der Waals surface area contributed by atoms with Crippen LogP contribution in [0.1, 0.15) is 5.56 Å². The molecule has 0 aliphatic heterocycles. The van der Waals surface area contributed by atoms with Crippen LogP contribution >= 0.6 is 24.4 Å². The van der Waals surface area contributed by atoms with E-state index in [0.717, 1.165) is 21.6 Å². The molecule has 0 spiro atoms. The molecule has 0 heterocycles. The van der Waals surface area contributed by atoms with Crippen LogP contribution in [0.25, 0.3) is 32.7 Å².